The zero-order valence-electron chi connectivity index (χ0n) is 33.7. The summed E-state index contributed by atoms with van der Waals surface area (Å²) < 4.78 is 2.58. The van der Waals surface area contributed by atoms with E-state index in [1.54, 1.807) is 0 Å². The van der Waals surface area contributed by atoms with Crippen LogP contribution in [0.4, 0.5) is 34.1 Å². The summed E-state index contributed by atoms with van der Waals surface area (Å²) in [4.78, 5) is 4.96. The third-order valence-electron chi connectivity index (χ3n) is 13.2. The molecule has 2 nitrogen and oxygen atoms in total. The molecular formula is C59H38N2S. The maximum Gasteiger partial charge on any atom is 0.0727 e. The summed E-state index contributed by atoms with van der Waals surface area (Å²) in [7, 11) is 0. The lowest BCUT2D eigenvalue weighted by molar-refractivity contribution is 0.793. The Morgan fingerprint density at radius 2 is 0.871 bits per heavy atom. The molecule has 1 spiro atoms. The second kappa shape index (κ2) is 13.7. The van der Waals surface area contributed by atoms with E-state index in [0.29, 0.717) is 0 Å². The number of rotatable bonds is 6. The average molecular weight is 807 g/mol. The molecule has 0 amide bonds. The molecule has 0 fully saturated rings. The highest BCUT2D eigenvalue weighted by molar-refractivity contribution is 7.26. The van der Waals surface area contributed by atoms with Gasteiger partial charge in [-0.1, -0.05) is 170 Å². The van der Waals surface area contributed by atoms with Crippen molar-refractivity contribution in [2.45, 2.75) is 5.41 Å². The summed E-state index contributed by atoms with van der Waals surface area (Å²) in [5.41, 5.74) is 16.7. The molecule has 0 radical (unpaired) electrons. The van der Waals surface area contributed by atoms with E-state index in [1.807, 2.05) is 11.3 Å². The Bertz CT molecular complexity index is 3550. The molecular weight excluding hydrogens is 769 g/mol. The van der Waals surface area contributed by atoms with Crippen LogP contribution < -0.4 is 9.80 Å². The predicted molar refractivity (Wildman–Crippen MR) is 263 cm³/mol. The summed E-state index contributed by atoms with van der Waals surface area (Å²) in [6.07, 6.45) is 0. The minimum Gasteiger partial charge on any atom is -0.310 e. The van der Waals surface area contributed by atoms with Gasteiger partial charge in [-0.3, -0.25) is 0 Å². The fraction of sp³-hybridized carbons (Fsp3) is 0.0169. The molecule has 62 heavy (non-hydrogen) atoms. The molecule has 2 aliphatic rings. The van der Waals surface area contributed by atoms with Gasteiger partial charge in [0.05, 0.1) is 27.2 Å². The Kier molecular flexibility index (Phi) is 7.72. The lowest BCUT2D eigenvalue weighted by atomic mass is 9.70. The number of hydrogen-bond acceptors (Lipinski definition) is 3. The second-order valence-electron chi connectivity index (χ2n) is 16.4. The SMILES string of the molecule is c1ccc(N(c2ccc3c(c2)C2(c4ccccc4-3)c3ccccc3-c3c(N(c4ccccc4)c4cccc5c4sc4ccccc45)cccc32)c2cccc3ccccc23)cc1. The van der Waals surface area contributed by atoms with Crippen LogP contribution >= 0.6 is 11.3 Å². The molecule has 10 aromatic carbocycles. The Morgan fingerprint density at radius 1 is 0.323 bits per heavy atom. The van der Waals surface area contributed by atoms with Gasteiger partial charge in [-0.2, -0.15) is 0 Å². The van der Waals surface area contributed by atoms with Crippen molar-refractivity contribution < 1.29 is 0 Å². The van der Waals surface area contributed by atoms with Crippen LogP contribution in [-0.4, -0.2) is 0 Å². The van der Waals surface area contributed by atoms with E-state index < -0.39 is 5.41 Å². The first-order valence-electron chi connectivity index (χ1n) is 21.4. The van der Waals surface area contributed by atoms with Crippen LogP contribution in [0.5, 0.6) is 0 Å². The molecule has 3 heteroatoms. The summed E-state index contributed by atoms with van der Waals surface area (Å²) in [6.45, 7) is 0. The maximum atomic E-state index is 2.52. The summed E-state index contributed by atoms with van der Waals surface area (Å²) in [5, 5.41) is 5.02. The molecule has 13 rings (SSSR count). The summed E-state index contributed by atoms with van der Waals surface area (Å²) in [6, 6.07) is 85.3. The van der Waals surface area contributed by atoms with Gasteiger partial charge in [0.1, 0.15) is 0 Å². The molecule has 0 saturated heterocycles. The number of anilines is 6. The Morgan fingerprint density at radius 3 is 1.69 bits per heavy atom. The number of hydrogen-bond donors (Lipinski definition) is 0. The fourth-order valence-corrected chi connectivity index (χ4v) is 12.0. The third-order valence-corrected chi connectivity index (χ3v) is 14.4. The van der Waals surface area contributed by atoms with E-state index >= 15 is 0 Å². The largest absolute Gasteiger partial charge is 0.310 e. The van der Waals surface area contributed by atoms with Crippen molar-refractivity contribution in [1.82, 2.24) is 0 Å². The Labute approximate surface area is 364 Å². The van der Waals surface area contributed by atoms with Crippen LogP contribution in [0.2, 0.25) is 0 Å². The van der Waals surface area contributed by atoms with Crippen molar-refractivity contribution in [3.63, 3.8) is 0 Å². The quantitative estimate of drug-likeness (QED) is 0.165. The van der Waals surface area contributed by atoms with Crippen LogP contribution in [0.15, 0.2) is 231 Å². The van der Waals surface area contributed by atoms with Gasteiger partial charge in [0.2, 0.25) is 0 Å². The van der Waals surface area contributed by atoms with E-state index in [0.717, 1.165) is 22.7 Å². The zero-order chi connectivity index (χ0) is 40.8. The molecule has 290 valence electrons. The Hall–Kier alpha value is -7.72. The van der Waals surface area contributed by atoms with Crippen LogP contribution in [0.3, 0.4) is 0 Å². The normalized spacial score (nSPS) is 14.5. The predicted octanol–water partition coefficient (Wildman–Crippen LogP) is 16.5. The van der Waals surface area contributed by atoms with Crippen molar-refractivity contribution in [1.29, 1.82) is 0 Å². The molecule has 1 heterocycles. The second-order valence-corrected chi connectivity index (χ2v) is 17.4. The minimum atomic E-state index is -0.559. The highest BCUT2D eigenvalue weighted by Gasteiger charge is 2.52. The first kappa shape index (κ1) is 35.1. The van der Waals surface area contributed by atoms with E-state index in [-0.39, 0.29) is 0 Å². The van der Waals surface area contributed by atoms with Crippen molar-refractivity contribution >= 4 is 76.4 Å². The van der Waals surface area contributed by atoms with Crippen LogP contribution in [-0.2, 0) is 5.41 Å². The highest BCUT2D eigenvalue weighted by Crippen LogP contribution is 2.65. The van der Waals surface area contributed by atoms with E-state index in [1.165, 1.54) is 86.8 Å². The maximum absolute atomic E-state index is 2.52. The van der Waals surface area contributed by atoms with Gasteiger partial charge in [0.25, 0.3) is 0 Å². The first-order chi connectivity index (χ1) is 30.8. The summed E-state index contributed by atoms with van der Waals surface area (Å²) >= 11 is 1.88. The van der Waals surface area contributed by atoms with E-state index in [2.05, 4.69) is 240 Å². The van der Waals surface area contributed by atoms with E-state index in [4.69, 9.17) is 0 Å². The fourth-order valence-electron chi connectivity index (χ4n) is 10.8. The molecule has 0 saturated carbocycles. The van der Waals surface area contributed by atoms with Crippen molar-refractivity contribution in [3.8, 4) is 22.3 Å². The minimum absolute atomic E-state index is 0.559. The van der Waals surface area contributed by atoms with Crippen LogP contribution in [0.1, 0.15) is 22.3 Å². The molecule has 0 N–H and O–H groups in total. The highest BCUT2D eigenvalue weighted by atomic mass is 32.1. The van der Waals surface area contributed by atoms with Gasteiger partial charge < -0.3 is 9.80 Å². The van der Waals surface area contributed by atoms with Gasteiger partial charge in [0.15, 0.2) is 0 Å². The number of fused-ring (bicyclic) bond motifs is 14. The standard InChI is InChI=1S/C59H38N2S/c1-3-20-40(21-4-1)60(53-32-15-19-39-18-7-8-24-43(39)53)42-36-37-45-44-25-9-12-29-49(44)59(52(45)38-42)50-30-13-10-27-48(50)57-51(59)31-17-33-54(57)61(41-22-5-2-6-23-41)55-34-16-28-47-46-26-11-14-35-56(46)62-58(47)55/h1-38H. The van der Waals surface area contributed by atoms with Crippen molar-refractivity contribution in [2.75, 3.05) is 9.80 Å². The van der Waals surface area contributed by atoms with Gasteiger partial charge in [0, 0.05) is 43.5 Å². The van der Waals surface area contributed by atoms with Gasteiger partial charge in [-0.05, 0) is 105 Å². The van der Waals surface area contributed by atoms with Crippen molar-refractivity contribution in [2.24, 2.45) is 0 Å². The molecule has 1 aromatic heterocycles. The van der Waals surface area contributed by atoms with Crippen LogP contribution in [0, 0.1) is 0 Å². The third kappa shape index (κ3) is 4.91. The zero-order valence-corrected chi connectivity index (χ0v) is 34.6. The topological polar surface area (TPSA) is 6.48 Å². The number of para-hydroxylation sites is 2. The Balaban J connectivity index is 1.10. The average Bonchev–Trinajstić information content (AvgIpc) is 3.97. The number of benzene rings is 10. The monoisotopic (exact) mass is 806 g/mol. The summed E-state index contributed by atoms with van der Waals surface area (Å²) in [5.74, 6) is 0. The molecule has 1 unspecified atom stereocenters. The van der Waals surface area contributed by atoms with Gasteiger partial charge in [-0.15, -0.1) is 11.3 Å². The molecule has 0 aliphatic heterocycles. The lowest BCUT2D eigenvalue weighted by Gasteiger charge is -2.33. The first-order valence-corrected chi connectivity index (χ1v) is 22.2. The number of nitrogens with zero attached hydrogens (tertiary/aromatic N) is 2. The molecule has 11 aromatic rings. The molecule has 1 atom stereocenters. The van der Waals surface area contributed by atoms with Crippen molar-refractivity contribution in [3.05, 3.63) is 253 Å². The van der Waals surface area contributed by atoms with E-state index in [9.17, 15) is 0 Å². The molecule has 0 bridgehead atoms. The van der Waals surface area contributed by atoms with Gasteiger partial charge >= 0.3 is 0 Å². The van der Waals surface area contributed by atoms with Gasteiger partial charge in [-0.25, -0.2) is 0 Å². The molecule has 2 aliphatic carbocycles. The van der Waals surface area contributed by atoms with Crippen LogP contribution in [0.25, 0.3) is 53.2 Å². The number of thiophene rings is 1. The lowest BCUT2D eigenvalue weighted by Crippen LogP contribution is -2.26. The smallest absolute Gasteiger partial charge is 0.0727 e.